The van der Waals surface area contributed by atoms with Crippen LogP contribution in [0.3, 0.4) is 0 Å². The summed E-state index contributed by atoms with van der Waals surface area (Å²) in [7, 11) is 0. The molecule has 0 aliphatic carbocycles. The molecular formula is C14H14N2O5. The third-order valence-corrected chi connectivity index (χ3v) is 2.60. The van der Waals surface area contributed by atoms with E-state index < -0.39 is 11.9 Å². The zero-order valence-electron chi connectivity index (χ0n) is 11.5. The van der Waals surface area contributed by atoms with E-state index in [1.54, 1.807) is 13.8 Å². The molecule has 0 bridgehead atoms. The highest BCUT2D eigenvalue weighted by atomic mass is 16.5. The number of rotatable bonds is 4. The molecule has 7 heteroatoms. The number of aromatic nitrogens is 1. The van der Waals surface area contributed by atoms with E-state index in [1.165, 1.54) is 24.3 Å². The second-order valence-electron chi connectivity index (χ2n) is 4.24. The van der Waals surface area contributed by atoms with Crippen LogP contribution < -0.4 is 5.32 Å². The molecule has 0 saturated carbocycles. The number of nitrogens with one attached hydrogen (secondary N) is 1. The van der Waals surface area contributed by atoms with E-state index in [2.05, 4.69) is 10.5 Å². The first kappa shape index (κ1) is 14.6. The lowest BCUT2D eigenvalue weighted by atomic mass is 10.1. The van der Waals surface area contributed by atoms with Crippen molar-refractivity contribution in [2.45, 2.75) is 13.8 Å². The Kier molecular flexibility index (Phi) is 4.22. The largest absolute Gasteiger partial charge is 0.507 e. The Morgan fingerprint density at radius 1 is 1.38 bits per heavy atom. The Bertz CT molecular complexity index is 678. The summed E-state index contributed by atoms with van der Waals surface area (Å²) in [5.41, 5.74) is 0.886. The van der Waals surface area contributed by atoms with Crippen molar-refractivity contribution < 1.29 is 24.0 Å². The molecular weight excluding hydrogens is 276 g/mol. The van der Waals surface area contributed by atoms with Gasteiger partial charge in [-0.25, -0.2) is 4.79 Å². The number of hydrogen-bond donors (Lipinski definition) is 2. The summed E-state index contributed by atoms with van der Waals surface area (Å²) in [5.74, 6) is -1.34. The number of carbonyl (C=O) groups excluding carboxylic acids is 2. The van der Waals surface area contributed by atoms with Gasteiger partial charge in [-0.15, -0.1) is 0 Å². The molecule has 0 saturated heterocycles. The van der Waals surface area contributed by atoms with Gasteiger partial charge >= 0.3 is 5.97 Å². The Morgan fingerprint density at radius 3 is 2.76 bits per heavy atom. The Balaban J connectivity index is 2.19. The number of hydrogen-bond acceptors (Lipinski definition) is 6. The average Bonchev–Trinajstić information content (AvgIpc) is 2.88. The molecule has 1 heterocycles. The fraction of sp³-hybridized carbons (Fsp3) is 0.214. The Labute approximate surface area is 120 Å². The number of amides is 1. The van der Waals surface area contributed by atoms with Gasteiger partial charge in [-0.2, -0.15) is 0 Å². The molecule has 2 N–H and O–H groups in total. The first-order valence-electron chi connectivity index (χ1n) is 6.26. The monoisotopic (exact) mass is 290 g/mol. The van der Waals surface area contributed by atoms with Crippen LogP contribution in [0.2, 0.25) is 0 Å². The van der Waals surface area contributed by atoms with Crippen LogP contribution in [0.15, 0.2) is 28.8 Å². The maximum Gasteiger partial charge on any atom is 0.341 e. The van der Waals surface area contributed by atoms with Gasteiger partial charge in [-0.1, -0.05) is 5.16 Å². The molecule has 0 aliphatic rings. The summed E-state index contributed by atoms with van der Waals surface area (Å²) >= 11 is 0. The molecule has 1 aromatic heterocycles. The number of esters is 1. The summed E-state index contributed by atoms with van der Waals surface area (Å²) in [6.07, 6.45) is 0. The van der Waals surface area contributed by atoms with Crippen LogP contribution in [-0.2, 0) is 4.74 Å². The van der Waals surface area contributed by atoms with Gasteiger partial charge in [0.1, 0.15) is 11.3 Å². The van der Waals surface area contributed by atoms with Gasteiger partial charge in [0.2, 0.25) is 5.76 Å². The molecule has 7 nitrogen and oxygen atoms in total. The van der Waals surface area contributed by atoms with Gasteiger partial charge in [0.05, 0.1) is 12.3 Å². The normalized spacial score (nSPS) is 10.2. The van der Waals surface area contributed by atoms with E-state index in [-0.39, 0.29) is 23.7 Å². The van der Waals surface area contributed by atoms with Crippen LogP contribution in [0.25, 0.3) is 0 Å². The van der Waals surface area contributed by atoms with Crippen molar-refractivity contribution in [2.75, 3.05) is 11.9 Å². The van der Waals surface area contributed by atoms with Gasteiger partial charge in [0.25, 0.3) is 5.91 Å². The summed E-state index contributed by atoms with van der Waals surface area (Å²) in [6, 6.07) is 5.57. The predicted molar refractivity (Wildman–Crippen MR) is 73.3 cm³/mol. The number of ether oxygens (including phenoxy) is 1. The molecule has 0 radical (unpaired) electrons. The highest BCUT2D eigenvalue weighted by molar-refractivity contribution is 6.03. The van der Waals surface area contributed by atoms with Crippen molar-refractivity contribution in [3.63, 3.8) is 0 Å². The Morgan fingerprint density at radius 2 is 2.14 bits per heavy atom. The van der Waals surface area contributed by atoms with Crippen molar-refractivity contribution in [3.05, 3.63) is 41.3 Å². The van der Waals surface area contributed by atoms with Crippen LogP contribution in [-0.4, -0.2) is 28.7 Å². The van der Waals surface area contributed by atoms with Gasteiger partial charge in [-0.3, -0.25) is 4.79 Å². The first-order chi connectivity index (χ1) is 10.0. The second-order valence-corrected chi connectivity index (χ2v) is 4.24. The molecule has 0 atom stereocenters. The van der Waals surface area contributed by atoms with Crippen LogP contribution in [0.1, 0.15) is 33.5 Å². The molecule has 0 aliphatic heterocycles. The van der Waals surface area contributed by atoms with E-state index in [0.29, 0.717) is 11.4 Å². The molecule has 21 heavy (non-hydrogen) atoms. The van der Waals surface area contributed by atoms with Crippen LogP contribution in [0.4, 0.5) is 5.69 Å². The summed E-state index contributed by atoms with van der Waals surface area (Å²) in [4.78, 5) is 23.5. The molecule has 1 amide bonds. The predicted octanol–water partition coefficient (Wildman–Crippen LogP) is 2.12. The summed E-state index contributed by atoms with van der Waals surface area (Å²) in [6.45, 7) is 3.54. The SMILES string of the molecule is CCOC(=O)c1cc(NC(=O)c2cc(C)no2)ccc1O. The third-order valence-electron chi connectivity index (χ3n) is 2.60. The highest BCUT2D eigenvalue weighted by Gasteiger charge is 2.16. The number of benzene rings is 1. The maximum atomic E-state index is 11.9. The first-order valence-corrected chi connectivity index (χ1v) is 6.26. The quantitative estimate of drug-likeness (QED) is 0.660. The van der Waals surface area contributed by atoms with Crippen molar-refractivity contribution in [1.29, 1.82) is 0 Å². The Hall–Kier alpha value is -2.83. The van der Waals surface area contributed by atoms with Crippen LogP contribution in [0, 0.1) is 6.92 Å². The van der Waals surface area contributed by atoms with Crippen LogP contribution >= 0.6 is 0 Å². The minimum atomic E-state index is -0.665. The molecule has 2 rings (SSSR count). The zero-order chi connectivity index (χ0) is 15.4. The molecule has 0 unspecified atom stereocenters. The fourth-order valence-electron chi connectivity index (χ4n) is 1.65. The summed E-state index contributed by atoms with van der Waals surface area (Å²) < 4.78 is 9.65. The van der Waals surface area contributed by atoms with E-state index >= 15 is 0 Å². The second kappa shape index (κ2) is 6.08. The van der Waals surface area contributed by atoms with Gasteiger partial charge in [0, 0.05) is 11.8 Å². The van der Waals surface area contributed by atoms with Crippen LogP contribution in [0.5, 0.6) is 5.75 Å². The van der Waals surface area contributed by atoms with E-state index in [9.17, 15) is 14.7 Å². The highest BCUT2D eigenvalue weighted by Crippen LogP contribution is 2.23. The number of phenolic OH excluding ortho intramolecular Hbond substituents is 1. The lowest BCUT2D eigenvalue weighted by Crippen LogP contribution is -2.12. The van der Waals surface area contributed by atoms with Gasteiger partial charge in [0.15, 0.2) is 0 Å². The standard InChI is InChI=1S/C14H14N2O5/c1-3-20-14(19)10-7-9(4-5-11(10)17)15-13(18)12-6-8(2)16-21-12/h4-7,17H,3H2,1-2H3,(H,15,18). The number of nitrogens with zero attached hydrogens (tertiary/aromatic N) is 1. The lowest BCUT2D eigenvalue weighted by Gasteiger charge is -2.07. The fourth-order valence-corrected chi connectivity index (χ4v) is 1.65. The molecule has 0 spiro atoms. The van der Waals surface area contributed by atoms with E-state index in [0.717, 1.165) is 0 Å². The van der Waals surface area contributed by atoms with Gasteiger partial charge in [-0.05, 0) is 32.0 Å². The van der Waals surface area contributed by atoms with Gasteiger partial charge < -0.3 is 19.7 Å². The van der Waals surface area contributed by atoms with E-state index in [1.807, 2.05) is 0 Å². The lowest BCUT2D eigenvalue weighted by molar-refractivity contribution is 0.0523. The third kappa shape index (κ3) is 3.38. The molecule has 110 valence electrons. The van der Waals surface area contributed by atoms with Crippen molar-refractivity contribution in [1.82, 2.24) is 5.16 Å². The molecule has 2 aromatic rings. The summed E-state index contributed by atoms with van der Waals surface area (Å²) in [5, 5.41) is 15.8. The number of carbonyl (C=O) groups is 2. The number of phenols is 1. The van der Waals surface area contributed by atoms with Crippen molar-refractivity contribution in [2.24, 2.45) is 0 Å². The van der Waals surface area contributed by atoms with Crippen molar-refractivity contribution in [3.8, 4) is 5.75 Å². The molecule has 0 fully saturated rings. The number of anilines is 1. The number of aryl methyl sites for hydroxylation is 1. The average molecular weight is 290 g/mol. The number of aromatic hydroxyl groups is 1. The topological polar surface area (TPSA) is 102 Å². The maximum absolute atomic E-state index is 11.9. The minimum absolute atomic E-state index is 0.0246. The minimum Gasteiger partial charge on any atom is -0.507 e. The smallest absolute Gasteiger partial charge is 0.341 e. The van der Waals surface area contributed by atoms with E-state index in [4.69, 9.17) is 9.26 Å². The zero-order valence-corrected chi connectivity index (χ0v) is 11.5. The molecule has 1 aromatic carbocycles. The van der Waals surface area contributed by atoms with Crippen molar-refractivity contribution >= 4 is 17.6 Å².